The molecule has 1 aliphatic carbocycles. The van der Waals surface area contributed by atoms with Crippen LogP contribution in [0.15, 0.2) is 18.2 Å². The van der Waals surface area contributed by atoms with Gasteiger partial charge in [-0.2, -0.15) is 0 Å². The van der Waals surface area contributed by atoms with Gasteiger partial charge < -0.3 is 10.8 Å². The van der Waals surface area contributed by atoms with Gasteiger partial charge in [0.05, 0.1) is 5.60 Å². The molecule has 0 heterocycles. The van der Waals surface area contributed by atoms with Gasteiger partial charge in [-0.1, -0.05) is 17.7 Å². The summed E-state index contributed by atoms with van der Waals surface area (Å²) in [6, 6.07) is 5.83. The van der Waals surface area contributed by atoms with Crippen molar-refractivity contribution in [3.8, 4) is 0 Å². The standard InChI is InChI=1S/C11H14ClNO/c12-10-2-1-9-6-11(14,7-13)4-3-8(9)5-10/h1-2,5,14H,3-4,6-7,13H2. The second-order valence-electron chi connectivity index (χ2n) is 4.02. The summed E-state index contributed by atoms with van der Waals surface area (Å²) in [7, 11) is 0. The van der Waals surface area contributed by atoms with Crippen molar-refractivity contribution in [2.75, 3.05) is 6.54 Å². The van der Waals surface area contributed by atoms with Crippen molar-refractivity contribution < 1.29 is 5.11 Å². The zero-order valence-corrected chi connectivity index (χ0v) is 8.72. The Kier molecular flexibility index (Phi) is 2.52. The lowest BCUT2D eigenvalue weighted by Crippen LogP contribution is -2.42. The van der Waals surface area contributed by atoms with Gasteiger partial charge in [0.25, 0.3) is 0 Å². The molecule has 0 fully saturated rings. The molecule has 0 radical (unpaired) electrons. The Morgan fingerprint density at radius 3 is 2.93 bits per heavy atom. The fourth-order valence-corrected chi connectivity index (χ4v) is 2.18. The van der Waals surface area contributed by atoms with Crippen molar-refractivity contribution in [3.63, 3.8) is 0 Å². The summed E-state index contributed by atoms with van der Waals surface area (Å²) in [5, 5.41) is 10.8. The smallest absolute Gasteiger partial charge is 0.0812 e. The van der Waals surface area contributed by atoms with E-state index in [1.54, 1.807) is 0 Å². The Balaban J connectivity index is 2.31. The summed E-state index contributed by atoms with van der Waals surface area (Å²) in [5.74, 6) is 0. The Morgan fingerprint density at radius 1 is 1.43 bits per heavy atom. The van der Waals surface area contributed by atoms with Crippen LogP contribution in [0, 0.1) is 0 Å². The third-order valence-electron chi connectivity index (χ3n) is 2.93. The largest absolute Gasteiger partial charge is 0.388 e. The van der Waals surface area contributed by atoms with Crippen LogP contribution in [0.2, 0.25) is 5.02 Å². The average molecular weight is 212 g/mol. The van der Waals surface area contributed by atoms with E-state index in [0.29, 0.717) is 13.0 Å². The van der Waals surface area contributed by atoms with E-state index in [0.717, 1.165) is 17.9 Å². The number of benzene rings is 1. The van der Waals surface area contributed by atoms with Gasteiger partial charge in [0.2, 0.25) is 0 Å². The summed E-state index contributed by atoms with van der Waals surface area (Å²) >= 11 is 5.89. The summed E-state index contributed by atoms with van der Waals surface area (Å²) in [5.41, 5.74) is 7.26. The monoisotopic (exact) mass is 211 g/mol. The van der Waals surface area contributed by atoms with E-state index in [2.05, 4.69) is 0 Å². The maximum absolute atomic E-state index is 10.0. The van der Waals surface area contributed by atoms with Crippen molar-refractivity contribution in [2.45, 2.75) is 24.9 Å². The molecule has 1 aromatic rings. The second kappa shape index (κ2) is 3.54. The molecule has 0 spiro atoms. The summed E-state index contributed by atoms with van der Waals surface area (Å²) in [6.07, 6.45) is 2.25. The van der Waals surface area contributed by atoms with Crippen LogP contribution in [0.3, 0.4) is 0 Å². The maximum Gasteiger partial charge on any atom is 0.0812 e. The molecule has 0 amide bonds. The molecule has 1 unspecified atom stereocenters. The molecule has 0 saturated carbocycles. The number of fused-ring (bicyclic) bond motifs is 1. The molecule has 2 rings (SSSR count). The van der Waals surface area contributed by atoms with Gasteiger partial charge in [0.15, 0.2) is 0 Å². The van der Waals surface area contributed by atoms with E-state index in [-0.39, 0.29) is 0 Å². The van der Waals surface area contributed by atoms with Gasteiger partial charge >= 0.3 is 0 Å². The van der Waals surface area contributed by atoms with Gasteiger partial charge in [0, 0.05) is 18.0 Å². The summed E-state index contributed by atoms with van der Waals surface area (Å²) in [4.78, 5) is 0. The van der Waals surface area contributed by atoms with Crippen molar-refractivity contribution in [2.24, 2.45) is 5.73 Å². The average Bonchev–Trinajstić information content (AvgIpc) is 2.19. The predicted octanol–water partition coefficient (Wildman–Crippen LogP) is 1.52. The highest BCUT2D eigenvalue weighted by Crippen LogP contribution is 2.29. The van der Waals surface area contributed by atoms with Crippen LogP contribution in [0.1, 0.15) is 17.5 Å². The number of hydrogen-bond donors (Lipinski definition) is 2. The van der Waals surface area contributed by atoms with E-state index in [9.17, 15) is 5.11 Å². The van der Waals surface area contributed by atoms with Crippen LogP contribution in [-0.2, 0) is 12.8 Å². The minimum absolute atomic E-state index is 0.328. The molecule has 2 nitrogen and oxygen atoms in total. The van der Waals surface area contributed by atoms with Gasteiger partial charge in [-0.3, -0.25) is 0 Å². The van der Waals surface area contributed by atoms with Gasteiger partial charge in [-0.15, -0.1) is 0 Å². The van der Waals surface area contributed by atoms with E-state index < -0.39 is 5.60 Å². The van der Waals surface area contributed by atoms with Crippen LogP contribution < -0.4 is 5.73 Å². The van der Waals surface area contributed by atoms with E-state index in [4.69, 9.17) is 17.3 Å². The lowest BCUT2D eigenvalue weighted by molar-refractivity contribution is 0.0353. The predicted molar refractivity (Wildman–Crippen MR) is 57.5 cm³/mol. The van der Waals surface area contributed by atoms with Crippen LogP contribution in [0.4, 0.5) is 0 Å². The zero-order chi connectivity index (χ0) is 10.2. The van der Waals surface area contributed by atoms with Crippen LogP contribution in [-0.4, -0.2) is 17.3 Å². The zero-order valence-electron chi connectivity index (χ0n) is 7.96. The number of aliphatic hydroxyl groups is 1. The number of aryl methyl sites for hydroxylation is 1. The SMILES string of the molecule is NCC1(O)CCc2cc(Cl)ccc2C1. The summed E-state index contributed by atoms with van der Waals surface area (Å²) in [6.45, 7) is 0.328. The maximum atomic E-state index is 10.0. The molecular formula is C11H14ClNO. The molecule has 1 atom stereocenters. The number of hydrogen-bond acceptors (Lipinski definition) is 2. The van der Waals surface area contributed by atoms with E-state index in [1.165, 1.54) is 11.1 Å². The molecule has 0 saturated heterocycles. The first-order valence-corrected chi connectivity index (χ1v) is 5.20. The van der Waals surface area contributed by atoms with Crippen molar-refractivity contribution in [1.82, 2.24) is 0 Å². The first-order valence-electron chi connectivity index (χ1n) is 4.83. The van der Waals surface area contributed by atoms with Gasteiger partial charge in [-0.25, -0.2) is 0 Å². The van der Waals surface area contributed by atoms with Crippen molar-refractivity contribution in [1.29, 1.82) is 0 Å². The van der Waals surface area contributed by atoms with Gasteiger partial charge in [0.1, 0.15) is 0 Å². The number of nitrogens with two attached hydrogens (primary N) is 1. The summed E-state index contributed by atoms with van der Waals surface area (Å²) < 4.78 is 0. The molecule has 3 N–H and O–H groups in total. The quantitative estimate of drug-likeness (QED) is 0.740. The van der Waals surface area contributed by atoms with Crippen LogP contribution >= 0.6 is 11.6 Å². The third-order valence-corrected chi connectivity index (χ3v) is 3.16. The number of halogens is 1. The van der Waals surface area contributed by atoms with E-state index in [1.807, 2.05) is 18.2 Å². The highest BCUT2D eigenvalue weighted by Gasteiger charge is 2.30. The molecule has 76 valence electrons. The third kappa shape index (κ3) is 1.78. The Labute approximate surface area is 88.7 Å². The highest BCUT2D eigenvalue weighted by molar-refractivity contribution is 6.30. The number of rotatable bonds is 1. The lowest BCUT2D eigenvalue weighted by Gasteiger charge is -2.32. The molecule has 0 aliphatic heterocycles. The molecule has 3 heteroatoms. The minimum atomic E-state index is -0.708. The van der Waals surface area contributed by atoms with Crippen LogP contribution in [0.25, 0.3) is 0 Å². The van der Waals surface area contributed by atoms with Crippen LogP contribution in [0.5, 0.6) is 0 Å². The fraction of sp³-hybridized carbons (Fsp3) is 0.455. The first kappa shape index (κ1) is 9.97. The van der Waals surface area contributed by atoms with Crippen molar-refractivity contribution >= 4 is 11.6 Å². The van der Waals surface area contributed by atoms with E-state index >= 15 is 0 Å². The lowest BCUT2D eigenvalue weighted by atomic mass is 9.80. The Morgan fingerprint density at radius 2 is 2.21 bits per heavy atom. The van der Waals surface area contributed by atoms with Crippen molar-refractivity contribution in [3.05, 3.63) is 34.3 Å². The molecule has 0 bridgehead atoms. The molecule has 14 heavy (non-hydrogen) atoms. The Hall–Kier alpha value is -0.570. The second-order valence-corrected chi connectivity index (χ2v) is 4.45. The molecule has 1 aliphatic rings. The normalized spacial score (nSPS) is 25.9. The van der Waals surface area contributed by atoms with Gasteiger partial charge in [-0.05, 0) is 36.1 Å². The fourth-order valence-electron chi connectivity index (χ4n) is 1.98. The first-order chi connectivity index (χ1) is 6.63. The Bertz CT molecular complexity index is 353. The molecule has 1 aromatic carbocycles. The highest BCUT2D eigenvalue weighted by atomic mass is 35.5. The molecule has 0 aromatic heterocycles. The molecular weight excluding hydrogens is 198 g/mol. The minimum Gasteiger partial charge on any atom is -0.388 e. The topological polar surface area (TPSA) is 46.2 Å².